The smallest absolute Gasteiger partial charge is 0.416 e. The van der Waals surface area contributed by atoms with Crippen molar-refractivity contribution in [2.45, 2.75) is 25.2 Å². The molecular weight excluding hydrogens is 620 g/mol. The first-order valence-corrected chi connectivity index (χ1v) is 13.3. The molecule has 0 atom stereocenters. The lowest BCUT2D eigenvalue weighted by Gasteiger charge is -2.13. The Balaban J connectivity index is 1.44. The number of hydrogen-bond donors (Lipinski definition) is 2. The van der Waals surface area contributed by atoms with Crippen LogP contribution in [0.25, 0.3) is 17.2 Å². The number of carbonyl (C=O) groups is 3. The molecule has 41 heavy (non-hydrogen) atoms. The molecule has 216 valence electrons. The number of carboxylic acids is 1. The highest BCUT2D eigenvalue weighted by Gasteiger charge is 2.37. The molecule has 1 aromatic carbocycles. The molecule has 1 saturated heterocycles. The third-order valence-corrected chi connectivity index (χ3v) is 7.64. The number of anilines is 1. The maximum Gasteiger partial charge on any atom is 0.416 e. The Morgan fingerprint density at radius 3 is 2.34 bits per heavy atom. The summed E-state index contributed by atoms with van der Waals surface area (Å²) in [6.07, 6.45) is -8.11. The Bertz CT molecular complexity index is 1530. The van der Waals surface area contributed by atoms with Gasteiger partial charge in [0, 0.05) is 17.8 Å². The number of oxazole rings is 1. The van der Waals surface area contributed by atoms with E-state index < -0.39 is 47.7 Å². The van der Waals surface area contributed by atoms with E-state index in [2.05, 4.69) is 10.3 Å². The topological polar surface area (TPSA) is 113 Å². The van der Waals surface area contributed by atoms with Crippen LogP contribution in [-0.4, -0.2) is 43.6 Å². The van der Waals surface area contributed by atoms with Crippen LogP contribution in [0.2, 0.25) is 0 Å². The maximum absolute atomic E-state index is 13.2. The van der Waals surface area contributed by atoms with Crippen molar-refractivity contribution >= 4 is 69.5 Å². The summed E-state index contributed by atoms with van der Waals surface area (Å²) in [5.74, 6) is -2.27. The lowest BCUT2D eigenvalue weighted by molar-refractivity contribution is -0.143. The second-order valence-electron chi connectivity index (χ2n) is 8.38. The molecule has 1 aliphatic rings. The SMILES string of the molecule is O=C(O)Cc1coc(NC(=O)CCN2C(=O)/C(=C/c3cc(-c4cc(C(F)(F)F)cc(C(F)(F)F)c4)cs3)SC2=S)n1. The van der Waals surface area contributed by atoms with Crippen molar-refractivity contribution in [1.29, 1.82) is 0 Å². The Morgan fingerprint density at radius 1 is 1.07 bits per heavy atom. The number of thioether (sulfide) groups is 1. The molecule has 4 rings (SSSR count). The van der Waals surface area contributed by atoms with Crippen molar-refractivity contribution in [3.8, 4) is 11.1 Å². The number of carboxylic acid groups (broad SMARTS) is 1. The highest BCUT2D eigenvalue weighted by atomic mass is 32.2. The molecule has 8 nitrogen and oxygen atoms in total. The second-order valence-corrected chi connectivity index (χ2v) is 11.0. The van der Waals surface area contributed by atoms with Crippen molar-refractivity contribution in [3.05, 3.63) is 62.5 Å². The number of thiophene rings is 1. The van der Waals surface area contributed by atoms with Crippen molar-refractivity contribution in [3.63, 3.8) is 0 Å². The van der Waals surface area contributed by atoms with Gasteiger partial charge in [0.2, 0.25) is 5.91 Å². The molecule has 2 amide bonds. The molecule has 1 aliphatic heterocycles. The molecule has 0 aliphatic carbocycles. The number of benzene rings is 1. The van der Waals surface area contributed by atoms with Gasteiger partial charge >= 0.3 is 24.3 Å². The number of hydrogen-bond acceptors (Lipinski definition) is 8. The van der Waals surface area contributed by atoms with E-state index in [0.717, 1.165) is 34.3 Å². The van der Waals surface area contributed by atoms with Crippen molar-refractivity contribution in [2.75, 3.05) is 11.9 Å². The van der Waals surface area contributed by atoms with Gasteiger partial charge in [-0.2, -0.15) is 31.3 Å². The molecule has 0 bridgehead atoms. The molecule has 0 radical (unpaired) electrons. The number of rotatable bonds is 8. The molecule has 17 heteroatoms. The fraction of sp³-hybridized carbons (Fsp3) is 0.208. The summed E-state index contributed by atoms with van der Waals surface area (Å²) in [6.45, 7) is -0.114. The maximum atomic E-state index is 13.2. The summed E-state index contributed by atoms with van der Waals surface area (Å²) >= 11 is 7.14. The summed E-state index contributed by atoms with van der Waals surface area (Å²) in [7, 11) is 0. The van der Waals surface area contributed by atoms with Crippen LogP contribution in [0.3, 0.4) is 0 Å². The minimum Gasteiger partial charge on any atom is -0.481 e. The molecule has 1 fully saturated rings. The first-order valence-electron chi connectivity index (χ1n) is 11.2. The van der Waals surface area contributed by atoms with Crippen LogP contribution < -0.4 is 5.32 Å². The third kappa shape index (κ3) is 7.53. The molecule has 3 heterocycles. The number of carbonyl (C=O) groups excluding carboxylic acids is 2. The van der Waals surface area contributed by atoms with E-state index in [-0.39, 0.29) is 51.1 Å². The van der Waals surface area contributed by atoms with Gasteiger partial charge in [-0.05, 0) is 46.8 Å². The van der Waals surface area contributed by atoms with E-state index in [1.807, 2.05) is 0 Å². The predicted molar refractivity (Wildman–Crippen MR) is 141 cm³/mol. The van der Waals surface area contributed by atoms with Gasteiger partial charge in [0.15, 0.2) is 0 Å². The van der Waals surface area contributed by atoms with Crippen LogP contribution in [-0.2, 0) is 33.2 Å². The summed E-state index contributed by atoms with van der Waals surface area (Å²) in [4.78, 5) is 41.3. The molecule has 2 aromatic heterocycles. The largest absolute Gasteiger partial charge is 0.481 e. The zero-order valence-electron chi connectivity index (χ0n) is 20.1. The number of thiocarbonyl (C=S) groups is 1. The quantitative estimate of drug-likeness (QED) is 0.169. The van der Waals surface area contributed by atoms with E-state index >= 15 is 0 Å². The van der Waals surface area contributed by atoms with E-state index in [0.29, 0.717) is 17.0 Å². The first kappa shape index (κ1) is 30.3. The summed E-state index contributed by atoms with van der Waals surface area (Å²) in [5.41, 5.74) is -2.97. The van der Waals surface area contributed by atoms with E-state index in [9.17, 15) is 40.7 Å². The lowest BCUT2D eigenvalue weighted by atomic mass is 10.0. The zero-order chi connectivity index (χ0) is 30.1. The number of halogens is 6. The number of alkyl halides is 6. The fourth-order valence-corrected chi connectivity index (χ4v) is 5.74. The van der Waals surface area contributed by atoms with Crippen LogP contribution >= 0.6 is 35.3 Å². The summed E-state index contributed by atoms with van der Waals surface area (Å²) in [6, 6.07) is 2.43. The van der Waals surface area contributed by atoms with Gasteiger partial charge in [-0.25, -0.2) is 0 Å². The fourth-order valence-electron chi connectivity index (χ4n) is 3.52. The van der Waals surface area contributed by atoms with Crippen molar-refractivity contribution < 1.29 is 50.2 Å². The number of aliphatic carboxylic acids is 1. The van der Waals surface area contributed by atoms with Crippen LogP contribution in [0.15, 0.2) is 45.2 Å². The average Bonchev–Trinajstić information content (AvgIpc) is 3.57. The zero-order valence-corrected chi connectivity index (χ0v) is 22.6. The van der Waals surface area contributed by atoms with Gasteiger partial charge in [0.1, 0.15) is 10.6 Å². The highest BCUT2D eigenvalue weighted by molar-refractivity contribution is 8.26. The Kier molecular flexibility index (Phi) is 8.60. The van der Waals surface area contributed by atoms with Crippen LogP contribution in [0.4, 0.5) is 32.4 Å². The number of amides is 2. The van der Waals surface area contributed by atoms with Gasteiger partial charge < -0.3 is 9.52 Å². The van der Waals surface area contributed by atoms with Crippen LogP contribution in [0.5, 0.6) is 0 Å². The first-order chi connectivity index (χ1) is 19.1. The van der Waals surface area contributed by atoms with E-state index in [1.54, 1.807) is 0 Å². The third-order valence-electron chi connectivity index (χ3n) is 5.38. The second kappa shape index (κ2) is 11.7. The van der Waals surface area contributed by atoms with Gasteiger partial charge in [-0.3, -0.25) is 24.6 Å². The number of nitrogens with one attached hydrogen (secondary N) is 1. The average molecular weight is 636 g/mol. The highest BCUT2D eigenvalue weighted by Crippen LogP contribution is 2.40. The molecular formula is C24H15F6N3O5S3. The van der Waals surface area contributed by atoms with Gasteiger partial charge in [-0.1, -0.05) is 24.0 Å². The Labute approximate surface area is 240 Å². The Morgan fingerprint density at radius 2 is 1.73 bits per heavy atom. The number of nitrogens with zero attached hydrogens (tertiary/aromatic N) is 2. The lowest BCUT2D eigenvalue weighted by Crippen LogP contribution is -2.31. The molecule has 0 spiro atoms. The van der Waals surface area contributed by atoms with Crippen LogP contribution in [0, 0.1) is 0 Å². The normalized spacial score (nSPS) is 15.2. The van der Waals surface area contributed by atoms with Crippen molar-refractivity contribution in [1.82, 2.24) is 9.88 Å². The Hall–Kier alpha value is -3.70. The van der Waals surface area contributed by atoms with Gasteiger partial charge in [0.25, 0.3) is 5.91 Å². The monoisotopic (exact) mass is 635 g/mol. The van der Waals surface area contributed by atoms with E-state index in [4.69, 9.17) is 21.7 Å². The molecule has 3 aromatic rings. The van der Waals surface area contributed by atoms with E-state index in [1.165, 1.54) is 17.5 Å². The summed E-state index contributed by atoms with van der Waals surface area (Å²) in [5, 5.41) is 12.5. The minimum atomic E-state index is -4.99. The van der Waals surface area contributed by atoms with Crippen LogP contribution in [0.1, 0.15) is 28.1 Å². The van der Waals surface area contributed by atoms with Gasteiger partial charge in [0.05, 0.1) is 28.1 Å². The van der Waals surface area contributed by atoms with Crippen molar-refractivity contribution in [2.24, 2.45) is 0 Å². The number of aromatic nitrogens is 1. The predicted octanol–water partition coefficient (Wildman–Crippen LogP) is 6.30. The summed E-state index contributed by atoms with van der Waals surface area (Å²) < 4.78 is 84.5. The molecule has 0 unspecified atom stereocenters. The molecule has 2 N–H and O–H groups in total. The molecule has 0 saturated carbocycles. The van der Waals surface area contributed by atoms with Gasteiger partial charge in [-0.15, -0.1) is 11.3 Å². The standard InChI is InChI=1S/C24H15F6N3O5S3/c25-23(26,27)13-3-11(4-14(6-13)24(28,29)30)12-5-16(40-10-12)8-17-20(37)33(22(39)41-17)2-1-18(34)32-21-31-15(9-38-21)7-19(35)36/h3-6,8-10H,1-2,7H2,(H,35,36)(H,31,32,34)/b17-8-. The minimum absolute atomic E-state index is 0.0459.